The predicted octanol–water partition coefficient (Wildman–Crippen LogP) is 4.24. The summed E-state index contributed by atoms with van der Waals surface area (Å²) in [5, 5.41) is 10.0. The van der Waals surface area contributed by atoms with E-state index < -0.39 is 12.0 Å². The van der Waals surface area contributed by atoms with Crippen LogP contribution in [0.2, 0.25) is 0 Å². The van der Waals surface area contributed by atoms with E-state index in [9.17, 15) is 13.9 Å². The molecule has 0 radical (unpaired) electrons. The number of rotatable bonds is 3. The molecule has 1 nitrogen and oxygen atoms in total. The van der Waals surface area contributed by atoms with Gasteiger partial charge in [0.15, 0.2) is 0 Å². The van der Waals surface area contributed by atoms with Gasteiger partial charge >= 0.3 is 0 Å². The maximum absolute atomic E-state index is 13.2. The van der Waals surface area contributed by atoms with Gasteiger partial charge in [-0.2, -0.15) is 0 Å². The quantitative estimate of drug-likeness (QED) is 0.881. The van der Waals surface area contributed by atoms with Crippen molar-refractivity contribution in [3.8, 4) is 0 Å². The summed E-state index contributed by atoms with van der Waals surface area (Å²) in [6, 6.07) is 3.85. The lowest BCUT2D eigenvalue weighted by Crippen LogP contribution is -2.33. The van der Waals surface area contributed by atoms with Crippen LogP contribution in [0.5, 0.6) is 0 Å². The second kappa shape index (κ2) is 5.33. The Morgan fingerprint density at radius 1 is 1.53 bits per heavy atom. The van der Waals surface area contributed by atoms with Gasteiger partial charge in [0, 0.05) is 24.1 Å². The maximum atomic E-state index is 13.2. The van der Waals surface area contributed by atoms with Crippen LogP contribution in [0.3, 0.4) is 0 Å². The van der Waals surface area contributed by atoms with E-state index in [0.717, 1.165) is 8.66 Å². The lowest BCUT2D eigenvalue weighted by molar-refractivity contribution is -0.0750. The van der Waals surface area contributed by atoms with Crippen LogP contribution < -0.4 is 0 Å². The Hall–Kier alpha value is -0.0000000000000000833. The Balaban J connectivity index is 1.93. The summed E-state index contributed by atoms with van der Waals surface area (Å²) in [5.41, 5.74) is 0. The monoisotopic (exact) mass is 324 g/mol. The first-order valence-electron chi connectivity index (χ1n) is 5.76. The number of halogens is 3. The summed E-state index contributed by atoms with van der Waals surface area (Å²) >= 11 is 4.90. The molecule has 1 aliphatic carbocycles. The standard InChI is InChI=1S/C12H15BrF2OS/c13-11-4-3-9(17-11)6-10(16)8-2-1-5-12(14,15)7-8/h3-4,8,10,16H,1-2,5-7H2. The number of aliphatic hydroxyl groups excluding tert-OH is 1. The molecule has 1 heterocycles. The van der Waals surface area contributed by atoms with E-state index in [1.807, 2.05) is 12.1 Å². The van der Waals surface area contributed by atoms with Gasteiger partial charge < -0.3 is 5.11 Å². The molecule has 0 amide bonds. The topological polar surface area (TPSA) is 20.2 Å². The highest BCUT2D eigenvalue weighted by molar-refractivity contribution is 9.11. The molecule has 1 saturated carbocycles. The molecular formula is C12H15BrF2OS. The van der Waals surface area contributed by atoms with Gasteiger partial charge in [-0.25, -0.2) is 8.78 Å². The molecule has 5 heteroatoms. The van der Waals surface area contributed by atoms with Crippen LogP contribution in [0, 0.1) is 5.92 Å². The molecule has 1 aromatic rings. The molecule has 1 aromatic heterocycles. The van der Waals surface area contributed by atoms with Crippen molar-refractivity contribution in [1.82, 2.24) is 0 Å². The minimum atomic E-state index is -2.58. The van der Waals surface area contributed by atoms with Gasteiger partial charge in [-0.15, -0.1) is 11.3 Å². The summed E-state index contributed by atoms with van der Waals surface area (Å²) < 4.78 is 27.5. The van der Waals surface area contributed by atoms with E-state index in [0.29, 0.717) is 19.3 Å². The van der Waals surface area contributed by atoms with Gasteiger partial charge in [0.25, 0.3) is 0 Å². The van der Waals surface area contributed by atoms with Crippen molar-refractivity contribution in [2.75, 3.05) is 0 Å². The Morgan fingerprint density at radius 3 is 2.88 bits per heavy atom. The highest BCUT2D eigenvalue weighted by Gasteiger charge is 2.38. The third kappa shape index (κ3) is 3.73. The number of hydrogen-bond donors (Lipinski definition) is 1. The van der Waals surface area contributed by atoms with Crippen LogP contribution in [-0.4, -0.2) is 17.1 Å². The van der Waals surface area contributed by atoms with Gasteiger partial charge in [0.1, 0.15) is 0 Å². The zero-order valence-electron chi connectivity index (χ0n) is 9.33. The first kappa shape index (κ1) is 13.4. The average molecular weight is 325 g/mol. The second-order valence-corrected chi connectivity index (χ2v) is 7.24. The Bertz CT molecular complexity index is 380. The van der Waals surface area contributed by atoms with Gasteiger partial charge in [-0.3, -0.25) is 0 Å². The van der Waals surface area contributed by atoms with Crippen LogP contribution in [0.15, 0.2) is 15.9 Å². The molecule has 2 atom stereocenters. The van der Waals surface area contributed by atoms with Crippen LogP contribution in [0.25, 0.3) is 0 Å². The van der Waals surface area contributed by atoms with E-state index in [4.69, 9.17) is 0 Å². The van der Waals surface area contributed by atoms with Crippen molar-refractivity contribution in [1.29, 1.82) is 0 Å². The zero-order chi connectivity index (χ0) is 12.5. The highest BCUT2D eigenvalue weighted by Crippen LogP contribution is 2.39. The molecule has 0 spiro atoms. The third-order valence-electron chi connectivity index (χ3n) is 3.26. The van der Waals surface area contributed by atoms with Crippen LogP contribution in [0.1, 0.15) is 30.6 Å². The minimum Gasteiger partial charge on any atom is -0.392 e. The Morgan fingerprint density at radius 2 is 2.29 bits per heavy atom. The van der Waals surface area contributed by atoms with Gasteiger partial charge in [0.05, 0.1) is 9.89 Å². The molecule has 0 aliphatic heterocycles. The SMILES string of the molecule is OC(Cc1ccc(Br)s1)C1CCCC(F)(F)C1. The van der Waals surface area contributed by atoms with Crippen molar-refractivity contribution < 1.29 is 13.9 Å². The van der Waals surface area contributed by atoms with E-state index in [1.54, 1.807) is 11.3 Å². The Kier molecular flexibility index (Phi) is 4.21. The van der Waals surface area contributed by atoms with Crippen molar-refractivity contribution in [3.05, 3.63) is 20.8 Å². The number of thiophene rings is 1. The molecule has 0 saturated heterocycles. The summed E-state index contributed by atoms with van der Waals surface area (Å²) in [7, 11) is 0. The van der Waals surface area contributed by atoms with Crippen LogP contribution >= 0.6 is 27.3 Å². The van der Waals surface area contributed by atoms with Crippen molar-refractivity contribution in [2.24, 2.45) is 5.92 Å². The lowest BCUT2D eigenvalue weighted by Gasteiger charge is -2.31. The third-order valence-corrected chi connectivity index (χ3v) is 4.91. The van der Waals surface area contributed by atoms with Gasteiger partial charge in [-0.05, 0) is 46.8 Å². The minimum absolute atomic E-state index is 0.0270. The Labute approximate surface area is 112 Å². The second-order valence-electron chi connectivity index (χ2n) is 4.69. The van der Waals surface area contributed by atoms with Gasteiger partial charge in [-0.1, -0.05) is 0 Å². The molecule has 2 unspecified atom stereocenters. The molecule has 96 valence electrons. The van der Waals surface area contributed by atoms with E-state index in [1.165, 1.54) is 0 Å². The fourth-order valence-corrected chi connectivity index (χ4v) is 3.91. The van der Waals surface area contributed by atoms with Crippen molar-refractivity contribution in [3.63, 3.8) is 0 Å². The first-order valence-corrected chi connectivity index (χ1v) is 7.37. The smallest absolute Gasteiger partial charge is 0.248 e. The van der Waals surface area contributed by atoms with Crippen LogP contribution in [0.4, 0.5) is 8.78 Å². The zero-order valence-corrected chi connectivity index (χ0v) is 11.7. The van der Waals surface area contributed by atoms with Crippen molar-refractivity contribution in [2.45, 2.75) is 44.1 Å². The average Bonchev–Trinajstić information content (AvgIpc) is 2.62. The highest BCUT2D eigenvalue weighted by atomic mass is 79.9. The predicted molar refractivity (Wildman–Crippen MR) is 68.6 cm³/mol. The fraction of sp³-hybridized carbons (Fsp3) is 0.667. The molecular weight excluding hydrogens is 310 g/mol. The molecule has 0 aromatic carbocycles. The molecule has 17 heavy (non-hydrogen) atoms. The van der Waals surface area contributed by atoms with E-state index in [2.05, 4.69) is 15.9 Å². The molecule has 1 N–H and O–H groups in total. The largest absolute Gasteiger partial charge is 0.392 e. The molecule has 1 fully saturated rings. The van der Waals surface area contributed by atoms with Crippen molar-refractivity contribution >= 4 is 27.3 Å². The summed E-state index contributed by atoms with van der Waals surface area (Å²) in [4.78, 5) is 1.04. The summed E-state index contributed by atoms with van der Waals surface area (Å²) in [6.45, 7) is 0. The van der Waals surface area contributed by atoms with Gasteiger partial charge in [0.2, 0.25) is 5.92 Å². The normalized spacial score (nSPS) is 25.8. The fourth-order valence-electron chi connectivity index (χ4n) is 2.37. The summed E-state index contributed by atoms with van der Waals surface area (Å²) in [6.07, 6.45) is 0.872. The summed E-state index contributed by atoms with van der Waals surface area (Å²) in [5.74, 6) is -2.85. The van der Waals surface area contributed by atoms with E-state index in [-0.39, 0.29) is 18.8 Å². The van der Waals surface area contributed by atoms with Crippen LogP contribution in [-0.2, 0) is 6.42 Å². The first-order chi connectivity index (χ1) is 7.96. The maximum Gasteiger partial charge on any atom is 0.248 e. The molecule has 1 aliphatic rings. The number of hydrogen-bond acceptors (Lipinski definition) is 2. The molecule has 2 rings (SSSR count). The molecule has 0 bridgehead atoms. The lowest BCUT2D eigenvalue weighted by atomic mass is 9.82. The van der Waals surface area contributed by atoms with E-state index >= 15 is 0 Å². The number of alkyl halides is 2. The number of aliphatic hydroxyl groups is 1.